The van der Waals surface area contributed by atoms with Crippen molar-refractivity contribution < 1.29 is 9.90 Å². The maximum atomic E-state index is 11.2. The van der Waals surface area contributed by atoms with Gasteiger partial charge in [0.15, 0.2) is 0 Å². The summed E-state index contributed by atoms with van der Waals surface area (Å²) in [6, 6.07) is 5.43. The summed E-state index contributed by atoms with van der Waals surface area (Å²) < 4.78 is 1.69. The van der Waals surface area contributed by atoms with Gasteiger partial charge in [-0.05, 0) is 25.5 Å². The smallest absolute Gasteiger partial charge is 0.336 e. The quantitative estimate of drug-likeness (QED) is 0.861. The van der Waals surface area contributed by atoms with Crippen molar-refractivity contribution in [3.05, 3.63) is 41.2 Å². The fraction of sp³-hybridized carbons (Fsp3) is 0.231. The van der Waals surface area contributed by atoms with Crippen molar-refractivity contribution in [3.8, 4) is 11.1 Å². The van der Waals surface area contributed by atoms with E-state index < -0.39 is 5.97 Å². The highest BCUT2D eigenvalue weighted by molar-refractivity contribution is 5.96. The number of carboxylic acids is 1. The molecule has 1 heterocycles. The predicted octanol–water partition coefficient (Wildman–Crippen LogP) is 2.40. The van der Waals surface area contributed by atoms with E-state index in [9.17, 15) is 9.90 Å². The summed E-state index contributed by atoms with van der Waals surface area (Å²) in [6.45, 7) is 3.76. The van der Waals surface area contributed by atoms with Crippen LogP contribution in [0.3, 0.4) is 0 Å². The van der Waals surface area contributed by atoms with Gasteiger partial charge in [-0.2, -0.15) is 5.10 Å². The van der Waals surface area contributed by atoms with E-state index in [1.165, 1.54) is 0 Å². The van der Waals surface area contributed by atoms with Gasteiger partial charge >= 0.3 is 5.97 Å². The topological polar surface area (TPSA) is 55.1 Å². The molecule has 0 aliphatic rings. The Hall–Kier alpha value is -2.10. The van der Waals surface area contributed by atoms with Crippen molar-refractivity contribution in [2.45, 2.75) is 13.8 Å². The Morgan fingerprint density at radius 1 is 1.29 bits per heavy atom. The molecule has 0 amide bonds. The number of carboxylic acid groups (broad SMARTS) is 1. The van der Waals surface area contributed by atoms with Crippen LogP contribution in [0.15, 0.2) is 24.4 Å². The van der Waals surface area contributed by atoms with Crippen LogP contribution in [-0.4, -0.2) is 20.9 Å². The van der Waals surface area contributed by atoms with Crippen LogP contribution in [0.5, 0.6) is 0 Å². The Morgan fingerprint density at radius 3 is 2.53 bits per heavy atom. The van der Waals surface area contributed by atoms with Gasteiger partial charge in [-0.3, -0.25) is 4.68 Å². The highest BCUT2D eigenvalue weighted by Crippen LogP contribution is 2.27. The second-order valence-corrected chi connectivity index (χ2v) is 4.16. The maximum Gasteiger partial charge on any atom is 0.336 e. The number of aryl methyl sites for hydroxylation is 3. The Balaban J connectivity index is 2.67. The van der Waals surface area contributed by atoms with E-state index in [-0.39, 0.29) is 0 Å². The molecule has 0 aliphatic carbocycles. The molecule has 17 heavy (non-hydrogen) atoms. The summed E-state index contributed by atoms with van der Waals surface area (Å²) in [4.78, 5) is 11.2. The van der Waals surface area contributed by atoms with Crippen LogP contribution >= 0.6 is 0 Å². The molecule has 1 aromatic carbocycles. The summed E-state index contributed by atoms with van der Waals surface area (Å²) in [5.41, 5.74) is 3.67. The van der Waals surface area contributed by atoms with Gasteiger partial charge in [-0.15, -0.1) is 0 Å². The van der Waals surface area contributed by atoms with E-state index in [2.05, 4.69) is 5.10 Å². The zero-order chi connectivity index (χ0) is 12.6. The minimum absolute atomic E-state index is 0.320. The summed E-state index contributed by atoms with van der Waals surface area (Å²) in [5.74, 6) is -0.910. The Kier molecular flexibility index (Phi) is 2.71. The number of benzene rings is 1. The predicted molar refractivity (Wildman–Crippen MR) is 65.1 cm³/mol. The molecule has 0 saturated heterocycles. The monoisotopic (exact) mass is 230 g/mol. The molecule has 0 atom stereocenters. The van der Waals surface area contributed by atoms with Gasteiger partial charge in [0.05, 0.1) is 11.3 Å². The van der Waals surface area contributed by atoms with Gasteiger partial charge in [0.1, 0.15) is 0 Å². The number of aromatic nitrogens is 2. The zero-order valence-electron chi connectivity index (χ0n) is 10.1. The lowest BCUT2D eigenvalue weighted by atomic mass is 9.98. The van der Waals surface area contributed by atoms with Gasteiger partial charge < -0.3 is 5.11 Å². The second kappa shape index (κ2) is 4.05. The summed E-state index contributed by atoms with van der Waals surface area (Å²) >= 11 is 0. The Labute approximate surface area is 99.5 Å². The van der Waals surface area contributed by atoms with Crippen LogP contribution < -0.4 is 0 Å². The van der Waals surface area contributed by atoms with Crippen LogP contribution in [0.4, 0.5) is 0 Å². The van der Waals surface area contributed by atoms with Gasteiger partial charge in [-0.25, -0.2) is 4.79 Å². The summed E-state index contributed by atoms with van der Waals surface area (Å²) in [7, 11) is 1.82. The average Bonchev–Trinajstić information content (AvgIpc) is 2.57. The first-order chi connectivity index (χ1) is 7.99. The number of carbonyl (C=O) groups is 1. The zero-order valence-corrected chi connectivity index (χ0v) is 10.1. The van der Waals surface area contributed by atoms with Crippen molar-refractivity contribution >= 4 is 5.97 Å². The highest BCUT2D eigenvalue weighted by atomic mass is 16.4. The molecule has 0 spiro atoms. The van der Waals surface area contributed by atoms with Crippen molar-refractivity contribution in [2.24, 2.45) is 7.05 Å². The van der Waals surface area contributed by atoms with Crippen LogP contribution in [0.2, 0.25) is 0 Å². The number of nitrogens with zero attached hydrogens (tertiary/aromatic N) is 2. The molecule has 4 heteroatoms. The van der Waals surface area contributed by atoms with Crippen LogP contribution in [0.1, 0.15) is 21.6 Å². The number of hydrogen-bond acceptors (Lipinski definition) is 2. The molecule has 1 aromatic heterocycles. The number of rotatable bonds is 2. The van der Waals surface area contributed by atoms with Crippen LogP contribution in [-0.2, 0) is 7.05 Å². The van der Waals surface area contributed by atoms with E-state index >= 15 is 0 Å². The first kappa shape index (κ1) is 11.4. The van der Waals surface area contributed by atoms with Gasteiger partial charge in [-0.1, -0.05) is 17.7 Å². The van der Waals surface area contributed by atoms with Gasteiger partial charge in [0.25, 0.3) is 0 Å². The van der Waals surface area contributed by atoms with Crippen molar-refractivity contribution in [2.75, 3.05) is 0 Å². The molecule has 0 saturated carbocycles. The standard InChI is InChI=1S/C13H14N2O2/c1-8-4-5-10(11(6-8)13(16)17)12-7-15(3)14-9(12)2/h4-7H,1-3H3,(H,16,17). The number of hydrogen-bond donors (Lipinski definition) is 1. The second-order valence-electron chi connectivity index (χ2n) is 4.16. The summed E-state index contributed by atoms with van der Waals surface area (Å²) in [6.07, 6.45) is 1.84. The van der Waals surface area contributed by atoms with E-state index in [1.807, 2.05) is 39.2 Å². The van der Waals surface area contributed by atoms with E-state index in [0.717, 1.165) is 16.8 Å². The third-order valence-electron chi connectivity index (χ3n) is 2.71. The maximum absolute atomic E-state index is 11.2. The lowest BCUT2D eigenvalue weighted by Gasteiger charge is -2.05. The normalized spacial score (nSPS) is 10.5. The van der Waals surface area contributed by atoms with E-state index in [4.69, 9.17) is 0 Å². The number of aromatic carboxylic acids is 1. The van der Waals surface area contributed by atoms with Crippen molar-refractivity contribution in [3.63, 3.8) is 0 Å². The third-order valence-corrected chi connectivity index (χ3v) is 2.71. The van der Waals surface area contributed by atoms with Gasteiger partial charge in [0, 0.05) is 18.8 Å². The first-order valence-corrected chi connectivity index (χ1v) is 5.33. The van der Waals surface area contributed by atoms with E-state index in [1.54, 1.807) is 10.7 Å². The molecule has 1 N–H and O–H groups in total. The molecule has 2 rings (SSSR count). The Morgan fingerprint density at radius 2 is 2.00 bits per heavy atom. The third kappa shape index (κ3) is 2.06. The van der Waals surface area contributed by atoms with Crippen molar-refractivity contribution in [1.29, 1.82) is 0 Å². The van der Waals surface area contributed by atoms with Gasteiger partial charge in [0.2, 0.25) is 0 Å². The molecule has 0 bridgehead atoms. The molecule has 88 valence electrons. The SMILES string of the molecule is Cc1ccc(-c2cn(C)nc2C)c(C(=O)O)c1. The fourth-order valence-corrected chi connectivity index (χ4v) is 1.93. The average molecular weight is 230 g/mol. The molecular formula is C13H14N2O2. The first-order valence-electron chi connectivity index (χ1n) is 5.33. The molecule has 0 radical (unpaired) electrons. The lowest BCUT2D eigenvalue weighted by molar-refractivity contribution is 0.0697. The molecule has 0 aliphatic heterocycles. The highest BCUT2D eigenvalue weighted by Gasteiger charge is 2.15. The molecule has 0 fully saturated rings. The van der Waals surface area contributed by atoms with Crippen molar-refractivity contribution in [1.82, 2.24) is 9.78 Å². The largest absolute Gasteiger partial charge is 0.478 e. The van der Waals surface area contributed by atoms with Crippen LogP contribution in [0, 0.1) is 13.8 Å². The Bertz CT molecular complexity index is 585. The molecular weight excluding hydrogens is 216 g/mol. The molecule has 4 nitrogen and oxygen atoms in total. The minimum Gasteiger partial charge on any atom is -0.478 e. The molecule has 0 unspecified atom stereocenters. The summed E-state index contributed by atoms with van der Waals surface area (Å²) in [5, 5.41) is 13.5. The van der Waals surface area contributed by atoms with E-state index in [0.29, 0.717) is 11.1 Å². The van der Waals surface area contributed by atoms with Crippen LogP contribution in [0.25, 0.3) is 11.1 Å². The lowest BCUT2D eigenvalue weighted by Crippen LogP contribution is -2.00. The molecule has 2 aromatic rings. The minimum atomic E-state index is -0.910. The fourth-order valence-electron chi connectivity index (χ4n) is 1.93.